The van der Waals surface area contributed by atoms with Gasteiger partial charge >= 0.3 is 0 Å². The molecule has 0 saturated carbocycles. The van der Waals surface area contributed by atoms with E-state index in [1.54, 1.807) is 6.07 Å². The molecule has 0 heterocycles. The lowest BCUT2D eigenvalue weighted by molar-refractivity contribution is 0.102. The Balaban J connectivity index is 2.11. The van der Waals surface area contributed by atoms with E-state index in [0.29, 0.717) is 5.56 Å². The van der Waals surface area contributed by atoms with Crippen molar-refractivity contribution in [2.24, 2.45) is 0 Å². The Hall–Kier alpha value is -1.56. The Labute approximate surface area is 132 Å². The Kier molecular flexibility index (Phi) is 5.00. The fraction of sp³-hybridized carbons (Fsp3) is 0.188. The van der Waals surface area contributed by atoms with E-state index in [1.165, 1.54) is 0 Å². The van der Waals surface area contributed by atoms with Crippen molar-refractivity contribution in [1.29, 1.82) is 0 Å². The van der Waals surface area contributed by atoms with Crippen LogP contribution in [-0.4, -0.2) is 12.0 Å². The summed E-state index contributed by atoms with van der Waals surface area (Å²) < 4.78 is 6.64. The van der Waals surface area contributed by atoms with Gasteiger partial charge in [-0.1, -0.05) is 12.1 Å². The minimum Gasteiger partial charge on any atom is -0.491 e. The summed E-state index contributed by atoms with van der Waals surface area (Å²) in [5.74, 6) is 0.630. The number of rotatable bonds is 4. The van der Waals surface area contributed by atoms with E-state index in [0.717, 1.165) is 15.0 Å². The number of halogens is 1. The molecule has 0 aliphatic rings. The van der Waals surface area contributed by atoms with Gasteiger partial charge in [0.2, 0.25) is 0 Å². The lowest BCUT2D eigenvalue weighted by Gasteiger charge is -2.11. The van der Waals surface area contributed by atoms with Crippen LogP contribution >= 0.6 is 22.6 Å². The number of carbonyl (C=O) groups excluding carboxylic acids is 1. The largest absolute Gasteiger partial charge is 0.491 e. The number of anilines is 1. The third-order valence-corrected chi connectivity index (χ3v) is 3.22. The Morgan fingerprint density at radius 2 is 1.90 bits per heavy atom. The zero-order valence-electron chi connectivity index (χ0n) is 11.4. The molecule has 4 heteroatoms. The molecule has 0 spiro atoms. The second-order valence-electron chi connectivity index (χ2n) is 4.66. The van der Waals surface area contributed by atoms with E-state index in [2.05, 4.69) is 27.9 Å². The molecule has 0 aliphatic carbocycles. The van der Waals surface area contributed by atoms with Crippen LogP contribution in [0, 0.1) is 3.57 Å². The van der Waals surface area contributed by atoms with Crippen molar-refractivity contribution < 1.29 is 9.53 Å². The molecule has 0 aliphatic heterocycles. The molecular weight excluding hydrogens is 365 g/mol. The molecule has 20 heavy (non-hydrogen) atoms. The van der Waals surface area contributed by atoms with Crippen molar-refractivity contribution in [2.45, 2.75) is 20.0 Å². The molecule has 0 fully saturated rings. The third-order valence-electron chi connectivity index (χ3n) is 2.55. The van der Waals surface area contributed by atoms with Crippen LogP contribution in [0.15, 0.2) is 48.5 Å². The van der Waals surface area contributed by atoms with Crippen LogP contribution < -0.4 is 10.1 Å². The molecule has 0 aromatic heterocycles. The highest BCUT2D eigenvalue weighted by Gasteiger charge is 2.07. The van der Waals surface area contributed by atoms with Crippen molar-refractivity contribution in [3.8, 4) is 5.75 Å². The van der Waals surface area contributed by atoms with Crippen molar-refractivity contribution in [1.82, 2.24) is 0 Å². The summed E-state index contributed by atoms with van der Waals surface area (Å²) in [5, 5.41) is 2.88. The first kappa shape index (κ1) is 14.8. The standard InChI is InChI=1S/C16H16INO2/c1-11(2)20-15-8-4-7-14(10-15)18-16(19)12-5-3-6-13(17)9-12/h3-11H,1-2H3,(H,18,19). The zero-order valence-corrected chi connectivity index (χ0v) is 13.5. The van der Waals surface area contributed by atoms with E-state index in [1.807, 2.05) is 56.3 Å². The van der Waals surface area contributed by atoms with Crippen LogP contribution in [-0.2, 0) is 0 Å². The van der Waals surface area contributed by atoms with E-state index in [4.69, 9.17) is 4.74 Å². The monoisotopic (exact) mass is 381 g/mol. The summed E-state index contributed by atoms with van der Waals surface area (Å²) in [6.07, 6.45) is 0.108. The van der Waals surface area contributed by atoms with Gasteiger partial charge in [0.15, 0.2) is 0 Å². The maximum absolute atomic E-state index is 12.1. The number of amides is 1. The number of hydrogen-bond donors (Lipinski definition) is 1. The summed E-state index contributed by atoms with van der Waals surface area (Å²) in [6, 6.07) is 14.9. The van der Waals surface area contributed by atoms with Crippen LogP contribution in [0.1, 0.15) is 24.2 Å². The van der Waals surface area contributed by atoms with Crippen LogP contribution in [0.2, 0.25) is 0 Å². The van der Waals surface area contributed by atoms with Crippen LogP contribution in [0.4, 0.5) is 5.69 Å². The third kappa shape index (κ3) is 4.23. The predicted octanol–water partition coefficient (Wildman–Crippen LogP) is 4.33. The normalized spacial score (nSPS) is 10.4. The van der Waals surface area contributed by atoms with Gasteiger partial charge in [-0.3, -0.25) is 4.79 Å². The summed E-state index contributed by atoms with van der Waals surface area (Å²) >= 11 is 2.19. The molecule has 0 unspecified atom stereocenters. The van der Waals surface area contributed by atoms with Gasteiger partial charge in [-0.2, -0.15) is 0 Å². The number of ether oxygens (including phenoxy) is 1. The van der Waals surface area contributed by atoms with Crippen LogP contribution in [0.5, 0.6) is 5.75 Å². The summed E-state index contributed by atoms with van der Waals surface area (Å²) in [5.41, 5.74) is 1.37. The first-order chi connectivity index (χ1) is 9.54. The molecule has 2 aromatic rings. The van der Waals surface area contributed by atoms with E-state index < -0.39 is 0 Å². The first-order valence-corrected chi connectivity index (χ1v) is 7.46. The average Bonchev–Trinajstić information content (AvgIpc) is 2.38. The number of benzene rings is 2. The van der Waals surface area contributed by atoms with Gasteiger partial charge < -0.3 is 10.1 Å². The van der Waals surface area contributed by atoms with Crippen molar-refractivity contribution >= 4 is 34.2 Å². The lowest BCUT2D eigenvalue weighted by Crippen LogP contribution is -2.12. The van der Waals surface area contributed by atoms with Gasteiger partial charge in [-0.05, 0) is 66.8 Å². The molecule has 1 N–H and O–H groups in total. The van der Waals surface area contributed by atoms with E-state index in [9.17, 15) is 4.79 Å². The number of carbonyl (C=O) groups is 1. The maximum Gasteiger partial charge on any atom is 0.255 e. The predicted molar refractivity (Wildman–Crippen MR) is 89.3 cm³/mol. The lowest BCUT2D eigenvalue weighted by atomic mass is 10.2. The fourth-order valence-corrected chi connectivity index (χ4v) is 2.30. The second kappa shape index (κ2) is 6.74. The first-order valence-electron chi connectivity index (χ1n) is 6.38. The molecule has 2 rings (SSSR count). The highest BCUT2D eigenvalue weighted by atomic mass is 127. The van der Waals surface area contributed by atoms with Gasteiger partial charge in [-0.25, -0.2) is 0 Å². The average molecular weight is 381 g/mol. The SMILES string of the molecule is CC(C)Oc1cccc(NC(=O)c2cccc(I)c2)c1. The molecule has 0 atom stereocenters. The summed E-state index contributed by atoms with van der Waals surface area (Å²) in [4.78, 5) is 12.1. The Morgan fingerprint density at radius 3 is 2.60 bits per heavy atom. The van der Waals surface area contributed by atoms with E-state index >= 15 is 0 Å². The van der Waals surface area contributed by atoms with Crippen LogP contribution in [0.25, 0.3) is 0 Å². The number of hydrogen-bond acceptors (Lipinski definition) is 2. The molecule has 0 bridgehead atoms. The minimum atomic E-state index is -0.120. The highest BCUT2D eigenvalue weighted by molar-refractivity contribution is 14.1. The second-order valence-corrected chi connectivity index (χ2v) is 5.90. The zero-order chi connectivity index (χ0) is 14.5. The van der Waals surface area contributed by atoms with Gasteiger partial charge in [-0.15, -0.1) is 0 Å². The highest BCUT2D eigenvalue weighted by Crippen LogP contribution is 2.19. The van der Waals surface area contributed by atoms with Crippen molar-refractivity contribution in [3.05, 3.63) is 57.7 Å². The molecular formula is C16H16INO2. The van der Waals surface area contributed by atoms with E-state index in [-0.39, 0.29) is 12.0 Å². The molecule has 104 valence electrons. The Morgan fingerprint density at radius 1 is 1.15 bits per heavy atom. The number of nitrogens with one attached hydrogen (secondary N) is 1. The van der Waals surface area contributed by atoms with Gasteiger partial charge in [0.25, 0.3) is 5.91 Å². The summed E-state index contributed by atoms with van der Waals surface area (Å²) in [7, 11) is 0. The molecule has 1 amide bonds. The molecule has 2 aromatic carbocycles. The molecule has 0 saturated heterocycles. The molecule has 3 nitrogen and oxygen atoms in total. The van der Waals surface area contributed by atoms with Gasteiger partial charge in [0.1, 0.15) is 5.75 Å². The minimum absolute atomic E-state index is 0.108. The Bertz CT molecular complexity index is 611. The quantitative estimate of drug-likeness (QED) is 0.801. The molecule has 0 radical (unpaired) electrons. The smallest absolute Gasteiger partial charge is 0.255 e. The van der Waals surface area contributed by atoms with Crippen molar-refractivity contribution in [2.75, 3.05) is 5.32 Å². The fourth-order valence-electron chi connectivity index (χ4n) is 1.75. The van der Waals surface area contributed by atoms with Gasteiger partial charge in [0.05, 0.1) is 6.10 Å². The van der Waals surface area contributed by atoms with Gasteiger partial charge in [0, 0.05) is 20.9 Å². The van der Waals surface area contributed by atoms with Crippen molar-refractivity contribution in [3.63, 3.8) is 0 Å². The summed E-state index contributed by atoms with van der Waals surface area (Å²) in [6.45, 7) is 3.94. The maximum atomic E-state index is 12.1. The van der Waals surface area contributed by atoms with Crippen LogP contribution in [0.3, 0.4) is 0 Å². The topological polar surface area (TPSA) is 38.3 Å².